The Morgan fingerprint density at radius 1 is 1.29 bits per heavy atom. The first-order valence-corrected chi connectivity index (χ1v) is 11.3. The predicted octanol–water partition coefficient (Wildman–Crippen LogP) is 2.50. The van der Waals surface area contributed by atoms with E-state index in [2.05, 4.69) is 27.6 Å². The van der Waals surface area contributed by atoms with Crippen molar-refractivity contribution in [2.45, 2.75) is 20.0 Å². The molecule has 1 saturated heterocycles. The van der Waals surface area contributed by atoms with Crippen molar-refractivity contribution in [3.63, 3.8) is 0 Å². The van der Waals surface area contributed by atoms with Crippen molar-refractivity contribution in [1.29, 1.82) is 5.26 Å². The quantitative estimate of drug-likeness (QED) is 0.540. The second-order valence-electron chi connectivity index (χ2n) is 8.45. The molecule has 3 aromatic heterocycles. The number of amides is 1. The number of hydrogen-bond acceptors (Lipinski definition) is 7. The highest BCUT2D eigenvalue weighted by Gasteiger charge is 2.24. The molecule has 0 saturated carbocycles. The minimum Gasteiger partial charge on any atom is -0.489 e. The van der Waals surface area contributed by atoms with E-state index in [0.717, 1.165) is 16.9 Å². The molecule has 2 atom stereocenters. The number of anilines is 1. The van der Waals surface area contributed by atoms with E-state index in [-0.39, 0.29) is 18.4 Å². The number of piperazine rings is 1. The van der Waals surface area contributed by atoms with Gasteiger partial charge in [-0.3, -0.25) is 4.79 Å². The van der Waals surface area contributed by atoms with Gasteiger partial charge in [0.1, 0.15) is 24.2 Å². The van der Waals surface area contributed by atoms with Crippen molar-refractivity contribution in [2.24, 2.45) is 5.92 Å². The highest BCUT2D eigenvalue weighted by molar-refractivity contribution is 5.85. The number of aliphatic hydroxyl groups excluding tert-OH is 1. The lowest BCUT2D eigenvalue weighted by Crippen LogP contribution is -2.50. The summed E-state index contributed by atoms with van der Waals surface area (Å²) in [6.45, 7) is 10.1. The molecule has 1 amide bonds. The molecule has 0 bridgehead atoms. The first-order chi connectivity index (χ1) is 16.4. The Bertz CT molecular complexity index is 1220. The van der Waals surface area contributed by atoms with Gasteiger partial charge in [0.05, 0.1) is 35.5 Å². The Morgan fingerprint density at radius 2 is 2.06 bits per heavy atom. The molecule has 9 nitrogen and oxygen atoms in total. The molecule has 34 heavy (non-hydrogen) atoms. The number of nitrogens with zero attached hydrogens (tertiary/aromatic N) is 6. The topological polar surface area (TPSA) is 107 Å². The molecular formula is C25H28N6O3. The number of hydrogen-bond donors (Lipinski definition) is 1. The number of aromatic nitrogens is 3. The number of rotatable bonds is 7. The summed E-state index contributed by atoms with van der Waals surface area (Å²) < 4.78 is 7.30. The molecule has 4 rings (SSSR count). The summed E-state index contributed by atoms with van der Waals surface area (Å²) in [5.41, 5.74) is 2.72. The number of carbonyl (C=O) groups is 1. The van der Waals surface area contributed by atoms with E-state index < -0.39 is 6.10 Å². The Labute approximate surface area is 198 Å². The van der Waals surface area contributed by atoms with Crippen LogP contribution in [-0.4, -0.2) is 69.4 Å². The first-order valence-electron chi connectivity index (χ1n) is 11.3. The molecule has 3 aromatic rings. The lowest BCUT2D eigenvalue weighted by molar-refractivity contribution is -0.133. The fourth-order valence-electron chi connectivity index (χ4n) is 3.97. The summed E-state index contributed by atoms with van der Waals surface area (Å²) in [7, 11) is 0. The van der Waals surface area contributed by atoms with Crippen molar-refractivity contribution in [1.82, 2.24) is 19.5 Å². The lowest BCUT2D eigenvalue weighted by Gasteiger charge is -2.36. The van der Waals surface area contributed by atoms with E-state index in [9.17, 15) is 15.2 Å². The fourth-order valence-corrected chi connectivity index (χ4v) is 3.97. The molecule has 1 aliphatic heterocycles. The maximum atomic E-state index is 12.4. The van der Waals surface area contributed by atoms with Gasteiger partial charge in [0.25, 0.3) is 0 Å². The van der Waals surface area contributed by atoms with Crippen LogP contribution in [0, 0.1) is 17.2 Å². The van der Waals surface area contributed by atoms with Gasteiger partial charge in [0, 0.05) is 43.5 Å². The molecule has 176 valence electrons. The van der Waals surface area contributed by atoms with Gasteiger partial charge in [0.15, 0.2) is 0 Å². The maximum absolute atomic E-state index is 12.4. The second kappa shape index (κ2) is 9.93. The first kappa shape index (κ1) is 23.3. The van der Waals surface area contributed by atoms with Crippen LogP contribution in [0.3, 0.4) is 0 Å². The van der Waals surface area contributed by atoms with E-state index in [1.54, 1.807) is 29.9 Å². The van der Waals surface area contributed by atoms with E-state index in [1.807, 2.05) is 30.0 Å². The SMILES string of the molecule is C=CC(C)C(=O)N1CCN(c2ccc(-c3cc(OC[C@H](C)O)cn4ncc(C#N)c34)cn2)CC1. The van der Waals surface area contributed by atoms with Crippen LogP contribution < -0.4 is 9.64 Å². The summed E-state index contributed by atoms with van der Waals surface area (Å²) in [6.07, 6.45) is 6.05. The molecule has 1 aliphatic rings. The highest BCUT2D eigenvalue weighted by atomic mass is 16.5. The summed E-state index contributed by atoms with van der Waals surface area (Å²) in [5, 5.41) is 23.4. The zero-order valence-corrected chi connectivity index (χ0v) is 19.4. The predicted molar refractivity (Wildman–Crippen MR) is 128 cm³/mol. The number of carbonyl (C=O) groups excluding carboxylic acids is 1. The molecule has 0 spiro atoms. The maximum Gasteiger partial charge on any atom is 0.229 e. The fraction of sp³-hybridized carbons (Fsp3) is 0.360. The summed E-state index contributed by atoms with van der Waals surface area (Å²) in [5.74, 6) is 1.30. The van der Waals surface area contributed by atoms with Crippen molar-refractivity contribution in [3.05, 3.63) is 55.0 Å². The van der Waals surface area contributed by atoms with Gasteiger partial charge in [-0.1, -0.05) is 13.0 Å². The van der Waals surface area contributed by atoms with E-state index >= 15 is 0 Å². The van der Waals surface area contributed by atoms with Gasteiger partial charge in [0.2, 0.25) is 5.91 Å². The molecule has 1 N–H and O–H groups in total. The third kappa shape index (κ3) is 4.72. The Hall–Kier alpha value is -3.90. The number of ether oxygens (including phenoxy) is 1. The van der Waals surface area contributed by atoms with Gasteiger partial charge in [-0.15, -0.1) is 6.58 Å². The average Bonchev–Trinajstić information content (AvgIpc) is 3.29. The zero-order chi connectivity index (χ0) is 24.2. The standard InChI is InChI=1S/C25H28N6O3/c1-4-17(2)25(33)30-9-7-29(8-10-30)23-6-5-19(13-27-23)22-11-21(34-16-18(3)32)15-31-24(22)20(12-26)14-28-31/h4-6,11,13-15,17-18,32H,1,7-10,16H2,2-3H3/t17?,18-/m0/s1. The van der Waals surface area contributed by atoms with E-state index in [1.165, 1.54) is 6.20 Å². The van der Waals surface area contributed by atoms with Gasteiger partial charge in [-0.25, -0.2) is 9.50 Å². The van der Waals surface area contributed by atoms with Gasteiger partial charge in [-0.2, -0.15) is 10.4 Å². The van der Waals surface area contributed by atoms with Crippen molar-refractivity contribution in [3.8, 4) is 22.9 Å². The Morgan fingerprint density at radius 3 is 2.68 bits per heavy atom. The molecule has 0 radical (unpaired) electrons. The van der Waals surface area contributed by atoms with Gasteiger partial charge < -0.3 is 19.6 Å². The van der Waals surface area contributed by atoms with Crippen LogP contribution in [0.2, 0.25) is 0 Å². The summed E-state index contributed by atoms with van der Waals surface area (Å²) in [4.78, 5) is 21.1. The highest BCUT2D eigenvalue weighted by Crippen LogP contribution is 2.31. The zero-order valence-electron chi connectivity index (χ0n) is 19.4. The van der Waals surface area contributed by atoms with Gasteiger partial charge in [-0.05, 0) is 25.1 Å². The third-order valence-corrected chi connectivity index (χ3v) is 5.92. The summed E-state index contributed by atoms with van der Waals surface area (Å²) >= 11 is 0. The molecular weight excluding hydrogens is 432 g/mol. The minimum atomic E-state index is -0.608. The molecule has 9 heteroatoms. The van der Waals surface area contributed by atoms with Crippen LogP contribution >= 0.6 is 0 Å². The average molecular weight is 461 g/mol. The van der Waals surface area contributed by atoms with Crippen LogP contribution in [0.5, 0.6) is 5.75 Å². The minimum absolute atomic E-state index is 0.105. The molecule has 4 heterocycles. The monoisotopic (exact) mass is 460 g/mol. The molecule has 0 aromatic carbocycles. The van der Waals surface area contributed by atoms with E-state index in [4.69, 9.17) is 4.74 Å². The van der Waals surface area contributed by atoms with Crippen molar-refractivity contribution < 1.29 is 14.6 Å². The van der Waals surface area contributed by atoms with Crippen LogP contribution in [0.25, 0.3) is 16.6 Å². The smallest absolute Gasteiger partial charge is 0.229 e. The Kier molecular flexibility index (Phi) is 6.80. The van der Waals surface area contributed by atoms with Crippen molar-refractivity contribution in [2.75, 3.05) is 37.7 Å². The summed E-state index contributed by atoms with van der Waals surface area (Å²) in [6, 6.07) is 7.93. The van der Waals surface area contributed by atoms with Gasteiger partial charge >= 0.3 is 0 Å². The number of fused-ring (bicyclic) bond motifs is 1. The lowest BCUT2D eigenvalue weighted by atomic mass is 10.1. The van der Waals surface area contributed by atoms with Crippen LogP contribution in [0.15, 0.2) is 49.4 Å². The van der Waals surface area contributed by atoms with Crippen LogP contribution in [-0.2, 0) is 4.79 Å². The Balaban J connectivity index is 1.56. The van der Waals surface area contributed by atoms with Crippen LogP contribution in [0.1, 0.15) is 19.4 Å². The molecule has 0 aliphatic carbocycles. The van der Waals surface area contributed by atoms with E-state index in [0.29, 0.717) is 43.0 Å². The van der Waals surface area contributed by atoms with Crippen molar-refractivity contribution >= 4 is 17.2 Å². The normalized spacial score (nSPS) is 15.6. The number of aliphatic hydroxyl groups is 1. The molecule has 1 unspecified atom stereocenters. The largest absolute Gasteiger partial charge is 0.489 e. The molecule has 1 fully saturated rings. The third-order valence-electron chi connectivity index (χ3n) is 5.92. The van der Waals surface area contributed by atoms with Crippen LogP contribution in [0.4, 0.5) is 5.82 Å². The number of pyridine rings is 2. The second-order valence-corrected chi connectivity index (χ2v) is 8.45. The number of nitriles is 1.